The van der Waals surface area contributed by atoms with Crippen LogP contribution in [0, 0.1) is 0 Å². The summed E-state index contributed by atoms with van der Waals surface area (Å²) in [5.41, 5.74) is 1.72. The lowest BCUT2D eigenvalue weighted by molar-refractivity contribution is 0.275. The van der Waals surface area contributed by atoms with Crippen molar-refractivity contribution >= 4 is 47.8 Å². The van der Waals surface area contributed by atoms with Gasteiger partial charge in [-0.15, -0.1) is 0 Å². The van der Waals surface area contributed by atoms with Gasteiger partial charge in [-0.3, -0.25) is 9.36 Å². The van der Waals surface area contributed by atoms with E-state index < -0.39 is 0 Å². The van der Waals surface area contributed by atoms with Crippen LogP contribution in [0.4, 0.5) is 0 Å². The number of aryl methyl sites for hydroxylation is 2. The van der Waals surface area contributed by atoms with Crippen molar-refractivity contribution in [3.63, 3.8) is 0 Å². The van der Waals surface area contributed by atoms with E-state index in [1.165, 1.54) is 0 Å². The first-order valence-corrected chi connectivity index (χ1v) is 7.71. The minimum Gasteiger partial charge on any atom is -0.390 e. The summed E-state index contributed by atoms with van der Waals surface area (Å²) in [6.07, 6.45) is 3.72. The predicted molar refractivity (Wildman–Crippen MR) is 80.4 cm³/mol. The van der Waals surface area contributed by atoms with Crippen LogP contribution in [0.2, 0.25) is 0 Å². The summed E-state index contributed by atoms with van der Waals surface area (Å²) in [5, 5.41) is 17.5. The maximum absolute atomic E-state index is 8.63. The average Bonchev–Trinajstić information content (AvgIpc) is 2.81. The first kappa shape index (κ1) is 15.9. The van der Waals surface area contributed by atoms with E-state index in [0.717, 1.165) is 20.0 Å². The van der Waals surface area contributed by atoms with Gasteiger partial charge in [-0.2, -0.15) is 10.2 Å². The number of hydrogen-bond acceptors (Lipinski definition) is 3. The van der Waals surface area contributed by atoms with Crippen molar-refractivity contribution in [3.05, 3.63) is 32.7 Å². The summed E-state index contributed by atoms with van der Waals surface area (Å²) >= 11 is 9.91. The highest BCUT2D eigenvalue weighted by Gasteiger charge is 2.01. The van der Waals surface area contributed by atoms with Crippen molar-refractivity contribution < 1.29 is 5.11 Å². The second kappa shape index (κ2) is 7.42. The Morgan fingerprint density at radius 3 is 1.67 bits per heavy atom. The lowest BCUT2D eigenvalue weighted by Crippen LogP contribution is -1.89. The van der Waals surface area contributed by atoms with Gasteiger partial charge in [0.15, 0.2) is 0 Å². The summed E-state index contributed by atoms with van der Waals surface area (Å²) < 4.78 is 5.34. The van der Waals surface area contributed by atoms with E-state index in [9.17, 15) is 0 Å². The summed E-state index contributed by atoms with van der Waals surface area (Å²) in [4.78, 5) is 0. The van der Waals surface area contributed by atoms with E-state index in [-0.39, 0.29) is 6.61 Å². The van der Waals surface area contributed by atoms with Gasteiger partial charge in [0, 0.05) is 31.8 Å². The first-order valence-electron chi connectivity index (χ1n) is 5.00. The third-order valence-corrected chi connectivity index (χ3v) is 3.84. The molecule has 0 aliphatic carbocycles. The molecule has 0 amide bonds. The lowest BCUT2D eigenvalue weighted by Gasteiger charge is -1.84. The molecule has 0 aliphatic heterocycles. The molecule has 0 unspecified atom stereocenters. The van der Waals surface area contributed by atoms with Crippen molar-refractivity contribution in [3.8, 4) is 0 Å². The largest absolute Gasteiger partial charge is 0.390 e. The second-order valence-electron chi connectivity index (χ2n) is 3.49. The molecule has 0 fully saturated rings. The molecule has 100 valence electrons. The molecule has 0 saturated heterocycles. The van der Waals surface area contributed by atoms with E-state index >= 15 is 0 Å². The highest BCUT2D eigenvalue weighted by molar-refractivity contribution is 9.11. The van der Waals surface area contributed by atoms with Crippen molar-refractivity contribution in [1.82, 2.24) is 19.6 Å². The topological polar surface area (TPSA) is 55.9 Å². The van der Waals surface area contributed by atoms with Gasteiger partial charge in [-0.05, 0) is 31.9 Å². The number of hydrogen-bond donors (Lipinski definition) is 1. The third-order valence-electron chi connectivity index (χ3n) is 1.98. The fourth-order valence-electron chi connectivity index (χ4n) is 1.21. The summed E-state index contributed by atoms with van der Waals surface area (Å²) in [5.74, 6) is 0. The van der Waals surface area contributed by atoms with Crippen LogP contribution in [0.3, 0.4) is 0 Å². The molecule has 2 heterocycles. The molecular formula is C10H13Br3N4O. The molecule has 5 nitrogen and oxygen atoms in total. The number of alkyl halides is 1. The van der Waals surface area contributed by atoms with Crippen molar-refractivity contribution in [1.29, 1.82) is 0 Å². The molecule has 2 aromatic heterocycles. The molecule has 0 radical (unpaired) electrons. The molecule has 0 spiro atoms. The van der Waals surface area contributed by atoms with Crippen LogP contribution >= 0.6 is 47.8 Å². The molecule has 8 heteroatoms. The number of aliphatic hydroxyl groups is 1. The number of nitrogens with zero attached hydrogens (tertiary/aromatic N) is 4. The van der Waals surface area contributed by atoms with Gasteiger partial charge in [-0.25, -0.2) is 0 Å². The molecule has 0 bridgehead atoms. The predicted octanol–water partition coefficient (Wildman–Crippen LogP) is 2.75. The maximum atomic E-state index is 8.63. The number of rotatable bonds is 2. The highest BCUT2D eigenvalue weighted by atomic mass is 79.9. The van der Waals surface area contributed by atoms with Crippen molar-refractivity contribution in [2.75, 3.05) is 0 Å². The fraction of sp³-hybridized carbons (Fsp3) is 0.400. The Bertz CT molecular complexity index is 463. The Hall–Kier alpha value is -0.180. The van der Waals surface area contributed by atoms with Crippen LogP contribution in [-0.2, 0) is 26.0 Å². The Morgan fingerprint density at radius 2 is 1.50 bits per heavy atom. The van der Waals surface area contributed by atoms with Gasteiger partial charge in [0.1, 0.15) is 5.69 Å². The highest BCUT2D eigenvalue weighted by Crippen LogP contribution is 2.16. The molecule has 2 rings (SSSR count). The van der Waals surface area contributed by atoms with E-state index in [1.807, 2.05) is 20.3 Å². The minimum absolute atomic E-state index is 0.0125. The Kier molecular flexibility index (Phi) is 6.54. The first-order chi connectivity index (χ1) is 8.47. The zero-order valence-corrected chi connectivity index (χ0v) is 14.7. The molecule has 0 saturated carbocycles. The summed E-state index contributed by atoms with van der Waals surface area (Å²) in [6, 6.07) is 0. The van der Waals surface area contributed by atoms with Crippen LogP contribution in [-0.4, -0.2) is 24.7 Å². The zero-order valence-electron chi connectivity index (χ0n) is 9.94. The second-order valence-corrected chi connectivity index (χ2v) is 5.76. The monoisotopic (exact) mass is 442 g/mol. The van der Waals surface area contributed by atoms with Crippen molar-refractivity contribution in [2.24, 2.45) is 14.1 Å². The Labute approximate surface area is 131 Å². The van der Waals surface area contributed by atoms with Gasteiger partial charge in [-0.1, -0.05) is 15.9 Å². The molecule has 2 aromatic rings. The molecule has 0 atom stereocenters. The standard InChI is InChI=1S/C5H6Br2N2.C5H7BrN2O/c1-9-3-4(7)5(2-6)8-9;1-8-2-4(6)5(3-9)7-8/h3H,2H2,1H3;2,9H,3H2,1H3. The lowest BCUT2D eigenvalue weighted by atomic mass is 10.5. The smallest absolute Gasteiger partial charge is 0.102 e. The van der Waals surface area contributed by atoms with Gasteiger partial charge < -0.3 is 5.11 Å². The Balaban J connectivity index is 0.000000180. The number of aromatic nitrogens is 4. The molecular weight excluding hydrogens is 432 g/mol. The van der Waals surface area contributed by atoms with Gasteiger partial charge in [0.2, 0.25) is 0 Å². The average molecular weight is 445 g/mol. The summed E-state index contributed by atoms with van der Waals surface area (Å²) in [7, 11) is 3.71. The van der Waals surface area contributed by atoms with Crippen LogP contribution in [0.1, 0.15) is 11.4 Å². The number of aliphatic hydroxyl groups excluding tert-OH is 1. The normalized spacial score (nSPS) is 10.1. The van der Waals surface area contributed by atoms with Gasteiger partial charge in [0.05, 0.1) is 21.2 Å². The van der Waals surface area contributed by atoms with Crippen LogP contribution in [0.15, 0.2) is 21.3 Å². The molecule has 0 aromatic carbocycles. The van der Waals surface area contributed by atoms with E-state index in [2.05, 4.69) is 58.0 Å². The van der Waals surface area contributed by atoms with Gasteiger partial charge >= 0.3 is 0 Å². The minimum atomic E-state index is -0.0125. The molecule has 18 heavy (non-hydrogen) atoms. The zero-order chi connectivity index (χ0) is 13.7. The number of halogens is 3. The van der Waals surface area contributed by atoms with E-state index in [0.29, 0.717) is 5.69 Å². The third kappa shape index (κ3) is 4.49. The van der Waals surface area contributed by atoms with E-state index in [1.54, 1.807) is 15.6 Å². The fourth-order valence-corrected chi connectivity index (χ4v) is 3.02. The summed E-state index contributed by atoms with van der Waals surface area (Å²) in [6.45, 7) is -0.0125. The van der Waals surface area contributed by atoms with E-state index in [4.69, 9.17) is 5.11 Å². The van der Waals surface area contributed by atoms with Crippen LogP contribution in [0.5, 0.6) is 0 Å². The van der Waals surface area contributed by atoms with Crippen LogP contribution in [0.25, 0.3) is 0 Å². The van der Waals surface area contributed by atoms with Crippen molar-refractivity contribution in [2.45, 2.75) is 11.9 Å². The molecule has 0 aliphatic rings. The quantitative estimate of drug-likeness (QED) is 0.725. The Morgan fingerprint density at radius 1 is 1.06 bits per heavy atom. The van der Waals surface area contributed by atoms with Crippen LogP contribution < -0.4 is 0 Å². The molecule has 1 N–H and O–H groups in total. The maximum Gasteiger partial charge on any atom is 0.102 e. The SMILES string of the molecule is Cn1cc(Br)c(CBr)n1.Cn1cc(Br)c(CO)n1. The van der Waals surface area contributed by atoms with Gasteiger partial charge in [0.25, 0.3) is 0 Å².